The zero-order chi connectivity index (χ0) is 16.6. The Morgan fingerprint density at radius 3 is 2.29 bits per heavy atom. The Morgan fingerprint density at radius 1 is 1.33 bits per heavy atom. The Morgan fingerprint density at radius 2 is 1.86 bits per heavy atom. The van der Waals surface area contributed by atoms with Crippen LogP contribution in [0.2, 0.25) is 0 Å². The van der Waals surface area contributed by atoms with Crippen molar-refractivity contribution in [3.05, 3.63) is 0 Å². The maximum absolute atomic E-state index is 13.4. The third-order valence-electron chi connectivity index (χ3n) is 3.15. The topological polar surface area (TPSA) is 130 Å². The van der Waals surface area contributed by atoms with E-state index in [1.54, 1.807) is 0 Å². The molecule has 120 valence electrons. The van der Waals surface area contributed by atoms with Crippen LogP contribution >= 0.6 is 0 Å². The second-order valence-electron chi connectivity index (χ2n) is 4.76. The molecule has 0 bridgehead atoms. The van der Waals surface area contributed by atoms with Crippen LogP contribution in [0.15, 0.2) is 0 Å². The third-order valence-corrected chi connectivity index (χ3v) is 3.15. The second-order valence-corrected chi connectivity index (χ2v) is 4.76. The van der Waals surface area contributed by atoms with Gasteiger partial charge < -0.3 is 26.4 Å². The van der Waals surface area contributed by atoms with Gasteiger partial charge in [0.25, 0.3) is 0 Å². The van der Waals surface area contributed by atoms with E-state index in [1.807, 2.05) is 0 Å². The van der Waals surface area contributed by atoms with Crippen molar-refractivity contribution < 1.29 is 37.2 Å². The highest BCUT2D eigenvalue weighted by atomic mass is 19.3. The summed E-state index contributed by atoms with van der Waals surface area (Å²) in [4.78, 5) is 22.3. The van der Waals surface area contributed by atoms with Crippen LogP contribution in [0.25, 0.3) is 0 Å². The lowest BCUT2D eigenvalue weighted by atomic mass is 9.75. The van der Waals surface area contributed by atoms with Gasteiger partial charge in [0, 0.05) is 6.42 Å². The van der Waals surface area contributed by atoms with Gasteiger partial charge >= 0.3 is 19.0 Å². The average molecular weight is 315 g/mol. The largest absolute Gasteiger partial charge is 0.482 e. The summed E-state index contributed by atoms with van der Waals surface area (Å²) >= 11 is 0. The van der Waals surface area contributed by atoms with Crippen LogP contribution < -0.4 is 11.5 Å². The molecule has 0 aromatic heterocycles. The normalized spacial score (nSPS) is 24.7. The number of amides is 2. The van der Waals surface area contributed by atoms with E-state index in [0.717, 1.165) is 0 Å². The molecule has 0 aromatic rings. The van der Waals surface area contributed by atoms with E-state index >= 15 is 0 Å². The monoisotopic (exact) mass is 315 g/mol. The zero-order valence-corrected chi connectivity index (χ0v) is 10.7. The third kappa shape index (κ3) is 3.27. The summed E-state index contributed by atoms with van der Waals surface area (Å²) in [7, 11) is -2.87. The molecule has 1 heterocycles. The number of nitrogens with zero attached hydrogens (tertiary/aromatic N) is 1. The van der Waals surface area contributed by atoms with E-state index in [1.165, 1.54) is 0 Å². The lowest BCUT2D eigenvalue weighted by Gasteiger charge is -2.28. The number of likely N-dealkylation sites (tertiary alicyclic amines) is 1. The fourth-order valence-electron chi connectivity index (χ4n) is 2.03. The summed E-state index contributed by atoms with van der Waals surface area (Å²) in [5.41, 5.74) is 10.1. The minimum Gasteiger partial charge on any atom is -0.426 e. The summed E-state index contributed by atoms with van der Waals surface area (Å²) in [6.07, 6.45) is -0.685. The fourth-order valence-corrected chi connectivity index (χ4v) is 2.03. The number of primary amides is 1. The number of hydrogen-bond donors (Lipinski definition) is 4. The summed E-state index contributed by atoms with van der Waals surface area (Å²) in [5, 5.41) is 17.7. The molecule has 6 N–H and O–H groups in total. The summed E-state index contributed by atoms with van der Waals surface area (Å²) in [6.45, 7) is -1.70. The molecule has 21 heavy (non-hydrogen) atoms. The Bertz CT molecular complexity index is 437. The highest BCUT2D eigenvalue weighted by molar-refractivity contribution is 6.44. The summed E-state index contributed by atoms with van der Waals surface area (Å²) in [6, 6.07) is -1.54. The van der Waals surface area contributed by atoms with Crippen molar-refractivity contribution in [2.45, 2.75) is 36.7 Å². The number of carbonyl (C=O) groups excluding carboxylic acids is 2. The van der Waals surface area contributed by atoms with Crippen LogP contribution in [0.1, 0.15) is 12.8 Å². The minimum absolute atomic E-state index is 0.0731. The van der Waals surface area contributed by atoms with Gasteiger partial charge in [0.05, 0.1) is 12.6 Å². The smallest absolute Gasteiger partial charge is 0.426 e. The first kappa shape index (κ1) is 17.7. The Balaban J connectivity index is 2.95. The van der Waals surface area contributed by atoms with Gasteiger partial charge in [0.1, 0.15) is 5.94 Å². The summed E-state index contributed by atoms with van der Waals surface area (Å²) in [5.74, 6) is -14.4. The first-order chi connectivity index (χ1) is 9.41. The predicted molar refractivity (Wildman–Crippen MR) is 62.0 cm³/mol. The number of nitrogens with two attached hydrogens (primary N) is 2. The quantitative estimate of drug-likeness (QED) is 0.347. The molecule has 1 aliphatic rings. The Kier molecular flexibility index (Phi) is 4.85. The van der Waals surface area contributed by atoms with Crippen molar-refractivity contribution in [3.63, 3.8) is 0 Å². The predicted octanol–water partition coefficient (Wildman–Crippen LogP) is -1.93. The molecule has 2 amide bonds. The van der Waals surface area contributed by atoms with Crippen molar-refractivity contribution in [2.24, 2.45) is 11.5 Å². The van der Waals surface area contributed by atoms with Crippen LogP contribution in [0, 0.1) is 0 Å². The van der Waals surface area contributed by atoms with E-state index in [9.17, 15) is 27.2 Å². The van der Waals surface area contributed by atoms with Crippen molar-refractivity contribution in [2.75, 3.05) is 6.54 Å². The molecule has 0 spiro atoms. The van der Waals surface area contributed by atoms with E-state index in [-0.39, 0.29) is 17.7 Å². The Labute approximate surface area is 117 Å². The molecule has 7 nitrogen and oxygen atoms in total. The van der Waals surface area contributed by atoms with Gasteiger partial charge in [-0.1, -0.05) is 0 Å². The molecule has 0 radical (unpaired) electrons. The lowest BCUT2D eigenvalue weighted by molar-refractivity contribution is -0.180. The van der Waals surface area contributed by atoms with Gasteiger partial charge in [-0.05, 0) is 6.42 Å². The molecule has 0 aromatic carbocycles. The standard InChI is InChI=1S/C9H14BF4N3O4/c11-8(12)3-17(7(10(20)21)9(8,13)14)6(19)4(15)1-2-5(16)18/h4,7,20-21H,1-3,15H2,(H2,16,18)/t4-,7+/m0/s1. The van der Waals surface area contributed by atoms with Gasteiger partial charge in [-0.15, -0.1) is 0 Å². The first-order valence-electron chi connectivity index (χ1n) is 5.88. The molecule has 0 unspecified atom stereocenters. The highest BCUT2D eigenvalue weighted by Gasteiger charge is 2.72. The minimum atomic E-state index is -4.82. The summed E-state index contributed by atoms with van der Waals surface area (Å²) < 4.78 is 53.4. The van der Waals surface area contributed by atoms with Crippen molar-refractivity contribution >= 4 is 18.9 Å². The molecule has 12 heteroatoms. The van der Waals surface area contributed by atoms with Crippen molar-refractivity contribution in [1.29, 1.82) is 0 Å². The van der Waals surface area contributed by atoms with Crippen molar-refractivity contribution in [1.82, 2.24) is 4.90 Å². The number of rotatable bonds is 5. The van der Waals surface area contributed by atoms with E-state index in [4.69, 9.17) is 21.5 Å². The van der Waals surface area contributed by atoms with Crippen LogP contribution in [-0.2, 0) is 9.59 Å². The molecule has 0 saturated carbocycles. The molecule has 1 fully saturated rings. The SMILES string of the molecule is NC(=O)CC[C@H](N)C(=O)N1CC(F)(F)C(F)(F)[C@@H]1B(O)O. The maximum atomic E-state index is 13.4. The molecular weight excluding hydrogens is 301 g/mol. The maximum Gasteiger partial charge on any atom is 0.482 e. The van der Waals surface area contributed by atoms with E-state index in [2.05, 4.69) is 0 Å². The number of carbonyl (C=O) groups is 2. The zero-order valence-electron chi connectivity index (χ0n) is 10.7. The number of hydrogen-bond acceptors (Lipinski definition) is 5. The Hall–Kier alpha value is -1.40. The highest BCUT2D eigenvalue weighted by Crippen LogP contribution is 2.46. The van der Waals surface area contributed by atoms with Crippen LogP contribution in [-0.4, -0.2) is 64.3 Å². The van der Waals surface area contributed by atoms with E-state index < -0.39 is 49.3 Å². The van der Waals surface area contributed by atoms with Gasteiger partial charge in [0.15, 0.2) is 0 Å². The van der Waals surface area contributed by atoms with Gasteiger partial charge in [-0.2, -0.15) is 17.6 Å². The van der Waals surface area contributed by atoms with Crippen LogP contribution in [0.5, 0.6) is 0 Å². The van der Waals surface area contributed by atoms with Crippen molar-refractivity contribution in [3.8, 4) is 0 Å². The molecule has 1 saturated heterocycles. The first-order valence-corrected chi connectivity index (χ1v) is 5.88. The molecule has 2 atom stereocenters. The second kappa shape index (κ2) is 5.77. The molecule has 1 aliphatic heterocycles. The van der Waals surface area contributed by atoms with Crippen LogP contribution in [0.3, 0.4) is 0 Å². The van der Waals surface area contributed by atoms with Gasteiger partial charge in [-0.3, -0.25) is 9.59 Å². The van der Waals surface area contributed by atoms with Crippen LogP contribution in [0.4, 0.5) is 17.6 Å². The average Bonchev–Trinajstić information content (AvgIpc) is 2.51. The molecule has 1 rings (SSSR count). The molecular formula is C9H14BF4N3O4. The van der Waals surface area contributed by atoms with E-state index in [0.29, 0.717) is 0 Å². The number of alkyl halides is 4. The lowest BCUT2D eigenvalue weighted by Crippen LogP contribution is -2.57. The van der Waals surface area contributed by atoms with Gasteiger partial charge in [0.2, 0.25) is 11.8 Å². The van der Waals surface area contributed by atoms with Gasteiger partial charge in [-0.25, -0.2) is 0 Å². The fraction of sp³-hybridized carbons (Fsp3) is 0.778. The molecule has 0 aliphatic carbocycles. The number of halogens is 4.